The fourth-order valence-corrected chi connectivity index (χ4v) is 1.95. The number of aliphatic hydroxyl groups is 2. The quantitative estimate of drug-likeness (QED) is 0.608. The van der Waals surface area contributed by atoms with E-state index in [0.29, 0.717) is 19.3 Å². The van der Waals surface area contributed by atoms with Crippen LogP contribution in [-0.4, -0.2) is 36.0 Å². The van der Waals surface area contributed by atoms with Crippen LogP contribution in [0.5, 0.6) is 0 Å². The molecule has 0 unspecified atom stereocenters. The van der Waals surface area contributed by atoms with Gasteiger partial charge in [0.25, 0.3) is 0 Å². The molecular weight excluding hydrogens is 172 g/mol. The zero-order valence-corrected chi connectivity index (χ0v) is 7.77. The van der Waals surface area contributed by atoms with Crippen molar-refractivity contribution in [2.24, 2.45) is 11.8 Å². The van der Waals surface area contributed by atoms with Crippen LogP contribution in [0.2, 0.25) is 0 Å². The van der Waals surface area contributed by atoms with Crippen molar-refractivity contribution in [3.05, 3.63) is 0 Å². The molecule has 0 bridgehead atoms. The first-order valence-corrected chi connectivity index (χ1v) is 4.53. The molecule has 1 fully saturated rings. The summed E-state index contributed by atoms with van der Waals surface area (Å²) in [5.41, 5.74) is 0. The number of hydrogen-bond donors (Lipinski definition) is 2. The van der Waals surface area contributed by atoms with Crippen LogP contribution in [-0.2, 0) is 9.53 Å². The van der Waals surface area contributed by atoms with Gasteiger partial charge in [0.15, 0.2) is 0 Å². The van der Waals surface area contributed by atoms with Crippen LogP contribution in [0, 0.1) is 11.8 Å². The Morgan fingerprint density at radius 3 is 2.62 bits per heavy atom. The molecule has 3 atom stereocenters. The van der Waals surface area contributed by atoms with E-state index in [4.69, 9.17) is 5.11 Å². The smallest absolute Gasteiger partial charge is 0.305 e. The van der Waals surface area contributed by atoms with Crippen LogP contribution in [0.25, 0.3) is 0 Å². The molecular formula is C9H16O4. The monoisotopic (exact) mass is 188 g/mol. The molecule has 0 heterocycles. The minimum absolute atomic E-state index is 0.0404. The molecule has 1 rings (SSSR count). The lowest BCUT2D eigenvalue weighted by Gasteiger charge is -2.14. The van der Waals surface area contributed by atoms with Crippen LogP contribution in [0.3, 0.4) is 0 Å². The number of esters is 1. The minimum Gasteiger partial charge on any atom is -0.469 e. The first-order valence-electron chi connectivity index (χ1n) is 4.53. The number of hydrogen-bond acceptors (Lipinski definition) is 4. The maximum atomic E-state index is 11.0. The van der Waals surface area contributed by atoms with Crippen molar-refractivity contribution >= 4 is 5.97 Å². The van der Waals surface area contributed by atoms with E-state index in [0.717, 1.165) is 0 Å². The van der Waals surface area contributed by atoms with Crippen molar-refractivity contribution in [3.63, 3.8) is 0 Å². The van der Waals surface area contributed by atoms with E-state index in [1.807, 2.05) is 0 Å². The van der Waals surface area contributed by atoms with Gasteiger partial charge in [0.05, 0.1) is 13.2 Å². The molecule has 0 saturated heterocycles. The van der Waals surface area contributed by atoms with Gasteiger partial charge in [-0.3, -0.25) is 4.79 Å². The number of aliphatic hydroxyl groups excluding tert-OH is 2. The minimum atomic E-state index is -0.369. The van der Waals surface area contributed by atoms with Gasteiger partial charge in [0.2, 0.25) is 0 Å². The average Bonchev–Trinajstić information content (AvgIpc) is 2.46. The lowest BCUT2D eigenvalue weighted by atomic mass is 9.94. The summed E-state index contributed by atoms with van der Waals surface area (Å²) < 4.78 is 4.54. The Kier molecular flexibility index (Phi) is 3.69. The molecule has 76 valence electrons. The molecule has 1 saturated carbocycles. The lowest BCUT2D eigenvalue weighted by molar-refractivity contribution is -0.142. The third kappa shape index (κ3) is 2.67. The third-order valence-electron chi connectivity index (χ3n) is 2.71. The number of carbonyl (C=O) groups excluding carboxylic acids is 1. The normalized spacial score (nSPS) is 33.3. The van der Waals surface area contributed by atoms with E-state index >= 15 is 0 Å². The van der Waals surface area contributed by atoms with Crippen molar-refractivity contribution in [1.29, 1.82) is 0 Å². The highest BCUT2D eigenvalue weighted by Gasteiger charge is 2.34. The molecule has 0 aliphatic heterocycles. The van der Waals surface area contributed by atoms with Gasteiger partial charge < -0.3 is 14.9 Å². The second kappa shape index (κ2) is 4.58. The Hall–Kier alpha value is -0.610. The molecule has 4 heteroatoms. The zero-order valence-electron chi connectivity index (χ0n) is 7.77. The van der Waals surface area contributed by atoms with Gasteiger partial charge in [-0.1, -0.05) is 0 Å². The number of carbonyl (C=O) groups is 1. The molecule has 2 N–H and O–H groups in total. The molecule has 1 aliphatic carbocycles. The van der Waals surface area contributed by atoms with Crippen LogP contribution >= 0.6 is 0 Å². The number of rotatable bonds is 3. The zero-order chi connectivity index (χ0) is 9.84. The van der Waals surface area contributed by atoms with Crippen molar-refractivity contribution in [2.45, 2.75) is 25.4 Å². The summed E-state index contributed by atoms with van der Waals surface area (Å²) in [5.74, 6) is -0.140. The van der Waals surface area contributed by atoms with Gasteiger partial charge in [-0.2, -0.15) is 0 Å². The Morgan fingerprint density at radius 1 is 1.46 bits per heavy atom. The first-order chi connectivity index (χ1) is 6.17. The fraction of sp³-hybridized carbons (Fsp3) is 0.889. The summed E-state index contributed by atoms with van der Waals surface area (Å²) >= 11 is 0. The Labute approximate surface area is 77.5 Å². The Bertz CT molecular complexity index is 180. The van der Waals surface area contributed by atoms with Gasteiger partial charge in [0, 0.05) is 13.0 Å². The fourth-order valence-electron chi connectivity index (χ4n) is 1.95. The number of methoxy groups -OCH3 is 1. The molecule has 0 aromatic heterocycles. The van der Waals surface area contributed by atoms with Gasteiger partial charge in [0.1, 0.15) is 0 Å². The molecule has 0 amide bonds. The van der Waals surface area contributed by atoms with E-state index in [1.165, 1.54) is 7.11 Å². The predicted molar refractivity (Wildman–Crippen MR) is 45.9 cm³/mol. The largest absolute Gasteiger partial charge is 0.469 e. The molecule has 0 aromatic rings. The molecule has 0 radical (unpaired) electrons. The maximum Gasteiger partial charge on any atom is 0.305 e. The molecule has 0 spiro atoms. The van der Waals surface area contributed by atoms with E-state index in [9.17, 15) is 9.90 Å². The van der Waals surface area contributed by atoms with E-state index < -0.39 is 0 Å². The number of ether oxygens (including phenoxy) is 1. The molecule has 4 nitrogen and oxygen atoms in total. The lowest BCUT2D eigenvalue weighted by Crippen LogP contribution is -2.16. The van der Waals surface area contributed by atoms with Gasteiger partial charge in [-0.05, 0) is 24.7 Å². The van der Waals surface area contributed by atoms with Gasteiger partial charge in [-0.25, -0.2) is 0 Å². The van der Waals surface area contributed by atoms with Crippen LogP contribution in [0.15, 0.2) is 0 Å². The van der Waals surface area contributed by atoms with Crippen molar-refractivity contribution in [1.82, 2.24) is 0 Å². The molecule has 0 aromatic carbocycles. The van der Waals surface area contributed by atoms with E-state index in [1.54, 1.807) is 0 Å². The highest BCUT2D eigenvalue weighted by Crippen LogP contribution is 2.34. The van der Waals surface area contributed by atoms with Crippen molar-refractivity contribution in [3.8, 4) is 0 Å². The second-order valence-corrected chi connectivity index (χ2v) is 3.61. The van der Waals surface area contributed by atoms with Crippen molar-refractivity contribution in [2.75, 3.05) is 13.7 Å². The average molecular weight is 188 g/mol. The van der Waals surface area contributed by atoms with Gasteiger partial charge >= 0.3 is 5.97 Å². The highest BCUT2D eigenvalue weighted by atomic mass is 16.5. The summed E-state index contributed by atoms with van der Waals surface area (Å²) in [7, 11) is 1.35. The highest BCUT2D eigenvalue weighted by molar-refractivity contribution is 5.69. The maximum absolute atomic E-state index is 11.0. The molecule has 1 aliphatic rings. The molecule has 13 heavy (non-hydrogen) atoms. The topological polar surface area (TPSA) is 66.8 Å². The third-order valence-corrected chi connectivity index (χ3v) is 2.71. The van der Waals surface area contributed by atoms with Crippen LogP contribution in [0.4, 0.5) is 0 Å². The second-order valence-electron chi connectivity index (χ2n) is 3.61. The summed E-state index contributed by atoms with van der Waals surface area (Å²) in [6, 6.07) is 0. The van der Waals surface area contributed by atoms with Crippen LogP contribution in [0.1, 0.15) is 19.3 Å². The predicted octanol–water partition coefficient (Wildman–Crippen LogP) is -0.0711. The Balaban J connectivity index is 2.43. The van der Waals surface area contributed by atoms with Gasteiger partial charge in [-0.15, -0.1) is 0 Å². The summed E-state index contributed by atoms with van der Waals surface area (Å²) in [4.78, 5) is 11.0. The summed E-state index contributed by atoms with van der Waals surface area (Å²) in [5, 5.41) is 18.3. The van der Waals surface area contributed by atoms with Crippen molar-refractivity contribution < 1.29 is 19.7 Å². The van der Waals surface area contributed by atoms with E-state index in [2.05, 4.69) is 4.74 Å². The summed E-state index contributed by atoms with van der Waals surface area (Å²) in [6.45, 7) is 0.0404. The van der Waals surface area contributed by atoms with E-state index in [-0.39, 0.29) is 30.5 Å². The van der Waals surface area contributed by atoms with Crippen LogP contribution < -0.4 is 0 Å². The summed E-state index contributed by atoms with van der Waals surface area (Å²) in [6.07, 6.45) is 1.13. The Morgan fingerprint density at radius 2 is 2.08 bits per heavy atom. The first kappa shape index (κ1) is 10.5. The SMILES string of the molecule is COC(=O)C[C@@H]1C[C@H](O)C[C@H]1CO. The standard InChI is InChI=1S/C9H16O4/c1-13-9(12)4-6-2-8(11)3-7(6)5-10/h6-8,10-11H,2-5H2,1H3/t6-,7-,8-/m0/s1.